The molecule has 0 aliphatic rings. The van der Waals surface area contributed by atoms with E-state index in [4.69, 9.17) is 4.42 Å². The summed E-state index contributed by atoms with van der Waals surface area (Å²) >= 11 is 0. The standard InChI is InChI=1S/C24H26N4O4/c1-2-12-25-24(31)18-5-3-6-20(14-18)28-22(29)16-26-19-10-8-17(9-11-19)23(30)27-15-21-7-4-13-32-21/h3-11,13-14,26H,2,12,15-16H2,1H3,(H,25,31)(H,27,30)(H,28,29). The zero-order valence-corrected chi connectivity index (χ0v) is 17.8. The fourth-order valence-corrected chi connectivity index (χ4v) is 2.89. The van der Waals surface area contributed by atoms with Gasteiger partial charge in [-0.15, -0.1) is 0 Å². The third-order valence-electron chi connectivity index (χ3n) is 4.55. The maximum Gasteiger partial charge on any atom is 0.251 e. The van der Waals surface area contributed by atoms with E-state index in [2.05, 4.69) is 21.3 Å². The lowest BCUT2D eigenvalue weighted by molar-refractivity contribution is -0.114. The molecule has 0 aliphatic carbocycles. The number of carbonyl (C=O) groups is 3. The van der Waals surface area contributed by atoms with Crippen LogP contribution in [0.2, 0.25) is 0 Å². The molecule has 0 bridgehead atoms. The summed E-state index contributed by atoms with van der Waals surface area (Å²) in [5.74, 6) is 0.0362. The predicted octanol–water partition coefficient (Wildman–Crippen LogP) is 3.40. The SMILES string of the molecule is CCCNC(=O)c1cccc(NC(=O)CNc2ccc(C(=O)NCc3ccco3)cc2)c1. The molecule has 3 rings (SSSR count). The van der Waals surface area contributed by atoms with Gasteiger partial charge in [0.15, 0.2) is 0 Å². The molecule has 1 aromatic heterocycles. The Bertz CT molecular complexity index is 1050. The summed E-state index contributed by atoms with van der Waals surface area (Å²) < 4.78 is 5.19. The molecule has 3 amide bonds. The van der Waals surface area contributed by atoms with E-state index in [1.807, 2.05) is 6.92 Å². The quantitative estimate of drug-likeness (QED) is 0.391. The fraction of sp³-hybridized carbons (Fsp3) is 0.208. The third-order valence-corrected chi connectivity index (χ3v) is 4.55. The number of anilines is 2. The van der Waals surface area contributed by atoms with E-state index in [0.717, 1.165) is 6.42 Å². The average Bonchev–Trinajstić information content (AvgIpc) is 3.34. The van der Waals surface area contributed by atoms with Crippen LogP contribution in [0.3, 0.4) is 0 Å². The number of rotatable bonds is 10. The van der Waals surface area contributed by atoms with Crippen LogP contribution >= 0.6 is 0 Å². The number of hydrogen-bond donors (Lipinski definition) is 4. The summed E-state index contributed by atoms with van der Waals surface area (Å²) in [6, 6.07) is 17.1. The Morgan fingerprint density at radius 2 is 1.62 bits per heavy atom. The number of nitrogens with one attached hydrogen (secondary N) is 4. The van der Waals surface area contributed by atoms with Crippen molar-refractivity contribution < 1.29 is 18.8 Å². The van der Waals surface area contributed by atoms with E-state index >= 15 is 0 Å². The van der Waals surface area contributed by atoms with Crippen molar-refractivity contribution in [2.45, 2.75) is 19.9 Å². The minimum atomic E-state index is -0.253. The Kier molecular flexibility index (Phi) is 8.02. The van der Waals surface area contributed by atoms with Crippen molar-refractivity contribution in [2.24, 2.45) is 0 Å². The van der Waals surface area contributed by atoms with Gasteiger partial charge in [-0.1, -0.05) is 13.0 Å². The second-order valence-electron chi connectivity index (χ2n) is 7.08. The maximum absolute atomic E-state index is 12.3. The fourth-order valence-electron chi connectivity index (χ4n) is 2.89. The first-order valence-corrected chi connectivity index (χ1v) is 10.4. The van der Waals surface area contributed by atoms with Gasteiger partial charge in [-0.05, 0) is 61.0 Å². The van der Waals surface area contributed by atoms with Crippen molar-refractivity contribution >= 4 is 29.1 Å². The number of carbonyl (C=O) groups excluding carboxylic acids is 3. The lowest BCUT2D eigenvalue weighted by Gasteiger charge is -2.10. The molecule has 0 aliphatic heterocycles. The summed E-state index contributed by atoms with van der Waals surface area (Å²) in [7, 11) is 0. The normalized spacial score (nSPS) is 10.3. The highest BCUT2D eigenvalue weighted by molar-refractivity contribution is 5.98. The minimum Gasteiger partial charge on any atom is -0.467 e. The molecule has 166 valence electrons. The Balaban J connectivity index is 1.46. The van der Waals surface area contributed by atoms with Gasteiger partial charge in [-0.2, -0.15) is 0 Å². The molecule has 0 saturated carbocycles. The van der Waals surface area contributed by atoms with Gasteiger partial charge in [0.2, 0.25) is 5.91 Å². The highest BCUT2D eigenvalue weighted by Crippen LogP contribution is 2.12. The average molecular weight is 434 g/mol. The first kappa shape index (κ1) is 22.6. The summed E-state index contributed by atoms with van der Waals surface area (Å²) in [6.07, 6.45) is 2.41. The van der Waals surface area contributed by atoms with Crippen LogP contribution in [0.25, 0.3) is 0 Å². The van der Waals surface area contributed by atoms with Crippen LogP contribution in [0, 0.1) is 0 Å². The van der Waals surface area contributed by atoms with E-state index in [1.165, 1.54) is 0 Å². The van der Waals surface area contributed by atoms with Crippen LogP contribution in [0.4, 0.5) is 11.4 Å². The van der Waals surface area contributed by atoms with Crippen molar-refractivity contribution in [3.63, 3.8) is 0 Å². The first-order valence-electron chi connectivity index (χ1n) is 10.4. The molecular weight excluding hydrogens is 408 g/mol. The summed E-state index contributed by atoms with van der Waals surface area (Å²) in [5.41, 5.74) is 2.25. The van der Waals surface area contributed by atoms with Crippen LogP contribution in [0.1, 0.15) is 39.8 Å². The Labute approximate surface area is 186 Å². The van der Waals surface area contributed by atoms with E-state index in [9.17, 15) is 14.4 Å². The van der Waals surface area contributed by atoms with Gasteiger partial charge < -0.3 is 25.7 Å². The second-order valence-corrected chi connectivity index (χ2v) is 7.08. The molecule has 3 aromatic rings. The highest BCUT2D eigenvalue weighted by Gasteiger charge is 2.09. The number of hydrogen-bond acceptors (Lipinski definition) is 5. The van der Waals surface area contributed by atoms with Crippen LogP contribution in [0.5, 0.6) is 0 Å². The maximum atomic E-state index is 12.3. The van der Waals surface area contributed by atoms with Gasteiger partial charge in [0.25, 0.3) is 11.8 Å². The van der Waals surface area contributed by atoms with E-state index < -0.39 is 0 Å². The zero-order valence-electron chi connectivity index (χ0n) is 17.8. The van der Waals surface area contributed by atoms with Crippen molar-refractivity contribution in [3.8, 4) is 0 Å². The predicted molar refractivity (Wildman–Crippen MR) is 123 cm³/mol. The molecule has 0 unspecified atom stereocenters. The lowest BCUT2D eigenvalue weighted by atomic mass is 10.2. The van der Waals surface area contributed by atoms with Gasteiger partial charge in [-0.3, -0.25) is 14.4 Å². The molecule has 0 atom stereocenters. The molecule has 0 spiro atoms. The molecule has 8 heteroatoms. The third kappa shape index (κ3) is 6.73. The summed E-state index contributed by atoms with van der Waals surface area (Å²) in [4.78, 5) is 36.5. The van der Waals surface area contributed by atoms with Crippen LogP contribution < -0.4 is 21.3 Å². The van der Waals surface area contributed by atoms with E-state index in [0.29, 0.717) is 41.4 Å². The van der Waals surface area contributed by atoms with Crippen molar-refractivity contribution in [3.05, 3.63) is 83.8 Å². The van der Waals surface area contributed by atoms with Crippen LogP contribution in [-0.2, 0) is 11.3 Å². The van der Waals surface area contributed by atoms with Crippen LogP contribution in [-0.4, -0.2) is 30.8 Å². The zero-order chi connectivity index (χ0) is 22.8. The Morgan fingerprint density at radius 1 is 0.844 bits per heavy atom. The summed E-state index contributed by atoms with van der Waals surface area (Å²) in [6.45, 7) is 2.93. The van der Waals surface area contributed by atoms with Crippen LogP contribution in [0.15, 0.2) is 71.3 Å². The first-order chi connectivity index (χ1) is 15.5. The monoisotopic (exact) mass is 434 g/mol. The van der Waals surface area contributed by atoms with E-state index in [1.54, 1.807) is 66.9 Å². The van der Waals surface area contributed by atoms with Gasteiger partial charge in [0.1, 0.15) is 5.76 Å². The van der Waals surface area contributed by atoms with Gasteiger partial charge in [0, 0.05) is 29.0 Å². The minimum absolute atomic E-state index is 0.0380. The molecule has 8 nitrogen and oxygen atoms in total. The number of benzene rings is 2. The topological polar surface area (TPSA) is 112 Å². The largest absolute Gasteiger partial charge is 0.467 e. The summed E-state index contributed by atoms with van der Waals surface area (Å²) in [5, 5.41) is 11.4. The molecule has 0 saturated heterocycles. The Hall–Kier alpha value is -4.07. The van der Waals surface area contributed by atoms with Gasteiger partial charge in [0.05, 0.1) is 19.4 Å². The van der Waals surface area contributed by atoms with Crippen molar-refractivity contribution in [1.82, 2.24) is 10.6 Å². The Morgan fingerprint density at radius 3 is 2.34 bits per heavy atom. The van der Waals surface area contributed by atoms with Crippen molar-refractivity contribution in [2.75, 3.05) is 23.7 Å². The van der Waals surface area contributed by atoms with Gasteiger partial charge in [-0.25, -0.2) is 0 Å². The smallest absolute Gasteiger partial charge is 0.251 e. The van der Waals surface area contributed by atoms with Gasteiger partial charge >= 0.3 is 0 Å². The molecule has 4 N–H and O–H groups in total. The molecule has 1 heterocycles. The molecule has 32 heavy (non-hydrogen) atoms. The molecule has 0 fully saturated rings. The molecule has 0 radical (unpaired) electrons. The van der Waals surface area contributed by atoms with Crippen molar-refractivity contribution in [1.29, 1.82) is 0 Å². The second kappa shape index (κ2) is 11.4. The number of amides is 3. The lowest BCUT2D eigenvalue weighted by Crippen LogP contribution is -2.25. The highest BCUT2D eigenvalue weighted by atomic mass is 16.3. The van der Waals surface area contributed by atoms with E-state index in [-0.39, 0.29) is 24.3 Å². The molecule has 2 aromatic carbocycles. The number of furan rings is 1. The molecular formula is C24H26N4O4.